The van der Waals surface area contributed by atoms with Crippen molar-refractivity contribution in [2.24, 2.45) is 0 Å². The summed E-state index contributed by atoms with van der Waals surface area (Å²) in [6, 6.07) is 10.6. The molecule has 0 saturated heterocycles. The van der Waals surface area contributed by atoms with E-state index in [4.69, 9.17) is 4.74 Å². The molecule has 0 saturated carbocycles. The zero-order valence-electron chi connectivity index (χ0n) is 14.8. The van der Waals surface area contributed by atoms with Gasteiger partial charge in [-0.1, -0.05) is 43.7 Å². The van der Waals surface area contributed by atoms with Gasteiger partial charge in [-0.2, -0.15) is 0 Å². The maximum absolute atomic E-state index is 12.7. The lowest BCUT2D eigenvalue weighted by Gasteiger charge is -2.17. The first kappa shape index (κ1) is 18.0. The molecule has 0 N–H and O–H groups in total. The van der Waals surface area contributed by atoms with E-state index in [0.29, 0.717) is 17.7 Å². The fraction of sp³-hybridized carbons (Fsp3) is 0.400. The highest BCUT2D eigenvalue weighted by atomic mass is 16.5. The van der Waals surface area contributed by atoms with Crippen LogP contribution in [0.4, 0.5) is 0 Å². The minimum absolute atomic E-state index is 0.0264. The van der Waals surface area contributed by atoms with Gasteiger partial charge < -0.3 is 9.30 Å². The first-order valence-electron chi connectivity index (χ1n) is 8.42. The quantitative estimate of drug-likeness (QED) is 0.434. The number of aryl methyl sites for hydroxylation is 1. The predicted molar refractivity (Wildman–Crippen MR) is 94.4 cm³/mol. The van der Waals surface area contributed by atoms with E-state index in [0.717, 1.165) is 24.2 Å². The molecule has 0 aliphatic rings. The lowest BCUT2D eigenvalue weighted by Crippen LogP contribution is -2.21. The van der Waals surface area contributed by atoms with Crippen molar-refractivity contribution in [3.63, 3.8) is 0 Å². The monoisotopic (exact) mass is 327 g/mol. The van der Waals surface area contributed by atoms with Gasteiger partial charge in [-0.15, -0.1) is 0 Å². The molecule has 2 aromatic rings. The van der Waals surface area contributed by atoms with Crippen molar-refractivity contribution in [2.45, 2.75) is 46.6 Å². The summed E-state index contributed by atoms with van der Waals surface area (Å²) in [7, 11) is 0. The van der Waals surface area contributed by atoms with Gasteiger partial charge in [-0.25, -0.2) is 4.79 Å². The SMILES string of the molecule is CCCCOC(=O)C(C)n1c(C)cc(C(=O)c2ccccc2)c1C. The van der Waals surface area contributed by atoms with Crippen molar-refractivity contribution in [1.29, 1.82) is 0 Å². The molecule has 0 fully saturated rings. The summed E-state index contributed by atoms with van der Waals surface area (Å²) in [5.41, 5.74) is 2.95. The van der Waals surface area contributed by atoms with Crippen molar-refractivity contribution >= 4 is 11.8 Å². The highest BCUT2D eigenvalue weighted by Gasteiger charge is 2.24. The summed E-state index contributed by atoms with van der Waals surface area (Å²) in [5, 5.41) is 0. The normalized spacial score (nSPS) is 12.0. The number of carbonyl (C=O) groups excluding carboxylic acids is 2. The van der Waals surface area contributed by atoms with E-state index in [9.17, 15) is 9.59 Å². The summed E-state index contributed by atoms with van der Waals surface area (Å²) >= 11 is 0. The maximum Gasteiger partial charge on any atom is 0.328 e. The van der Waals surface area contributed by atoms with Crippen LogP contribution in [-0.2, 0) is 9.53 Å². The van der Waals surface area contributed by atoms with Gasteiger partial charge in [0.05, 0.1) is 6.61 Å². The van der Waals surface area contributed by atoms with Gasteiger partial charge in [-0.05, 0) is 33.3 Å². The van der Waals surface area contributed by atoms with Crippen LogP contribution in [0.5, 0.6) is 0 Å². The summed E-state index contributed by atoms with van der Waals surface area (Å²) in [6.07, 6.45) is 1.85. The van der Waals surface area contributed by atoms with E-state index < -0.39 is 6.04 Å². The van der Waals surface area contributed by atoms with E-state index in [-0.39, 0.29) is 11.8 Å². The Morgan fingerprint density at radius 2 is 1.83 bits per heavy atom. The maximum atomic E-state index is 12.7. The van der Waals surface area contributed by atoms with E-state index in [1.807, 2.05) is 49.6 Å². The average Bonchev–Trinajstić information content (AvgIpc) is 2.89. The Kier molecular flexibility index (Phi) is 5.96. The Morgan fingerprint density at radius 1 is 1.17 bits per heavy atom. The molecule has 1 atom stereocenters. The molecule has 4 nitrogen and oxygen atoms in total. The van der Waals surface area contributed by atoms with Crippen LogP contribution in [0.15, 0.2) is 36.4 Å². The van der Waals surface area contributed by atoms with Crippen LogP contribution in [0.3, 0.4) is 0 Å². The standard InChI is InChI=1S/C20H25NO3/c1-5-6-12-24-20(23)16(4)21-14(2)13-18(15(21)3)19(22)17-10-8-7-9-11-17/h7-11,13,16H,5-6,12H2,1-4H3. The largest absolute Gasteiger partial charge is 0.464 e. The molecule has 0 amide bonds. The van der Waals surface area contributed by atoms with Gasteiger partial charge in [0, 0.05) is 22.5 Å². The third-order valence-corrected chi connectivity index (χ3v) is 4.24. The number of benzene rings is 1. The molecular weight excluding hydrogens is 302 g/mol. The molecule has 128 valence electrons. The molecule has 2 rings (SSSR count). The van der Waals surface area contributed by atoms with Gasteiger partial charge >= 0.3 is 5.97 Å². The zero-order valence-corrected chi connectivity index (χ0v) is 14.8. The summed E-state index contributed by atoms with van der Waals surface area (Å²) < 4.78 is 7.20. The number of ether oxygens (including phenoxy) is 1. The average molecular weight is 327 g/mol. The molecule has 0 aliphatic heterocycles. The van der Waals surface area contributed by atoms with Crippen molar-refractivity contribution < 1.29 is 14.3 Å². The molecule has 0 aliphatic carbocycles. The first-order chi connectivity index (χ1) is 11.5. The second-order valence-corrected chi connectivity index (χ2v) is 6.05. The molecule has 1 heterocycles. The lowest BCUT2D eigenvalue weighted by molar-refractivity contribution is -0.147. The summed E-state index contributed by atoms with van der Waals surface area (Å²) in [5.74, 6) is -0.287. The van der Waals surface area contributed by atoms with Gasteiger partial charge in [0.1, 0.15) is 6.04 Å². The number of aromatic nitrogens is 1. The van der Waals surface area contributed by atoms with Crippen LogP contribution in [0.1, 0.15) is 60.0 Å². The number of carbonyl (C=O) groups is 2. The third-order valence-electron chi connectivity index (χ3n) is 4.24. The van der Waals surface area contributed by atoms with Crippen LogP contribution in [0, 0.1) is 13.8 Å². The van der Waals surface area contributed by atoms with Gasteiger partial charge in [0.25, 0.3) is 0 Å². The van der Waals surface area contributed by atoms with Crippen LogP contribution in [0.25, 0.3) is 0 Å². The van der Waals surface area contributed by atoms with Gasteiger partial charge in [0.2, 0.25) is 0 Å². The highest BCUT2D eigenvalue weighted by Crippen LogP contribution is 2.23. The second kappa shape index (κ2) is 7.95. The Bertz CT molecular complexity index is 716. The third kappa shape index (κ3) is 3.75. The Morgan fingerprint density at radius 3 is 2.46 bits per heavy atom. The Hall–Kier alpha value is -2.36. The topological polar surface area (TPSA) is 48.3 Å². The van der Waals surface area contributed by atoms with Gasteiger partial charge in [0.15, 0.2) is 5.78 Å². The van der Waals surface area contributed by atoms with E-state index >= 15 is 0 Å². The van der Waals surface area contributed by atoms with Crippen molar-refractivity contribution in [1.82, 2.24) is 4.57 Å². The minimum atomic E-state index is -0.445. The van der Waals surface area contributed by atoms with E-state index in [2.05, 4.69) is 6.92 Å². The smallest absolute Gasteiger partial charge is 0.328 e. The molecule has 1 aromatic heterocycles. The molecule has 1 unspecified atom stereocenters. The molecule has 0 radical (unpaired) electrons. The predicted octanol–water partition coefficient (Wildman–Crippen LogP) is 4.24. The van der Waals surface area contributed by atoms with Crippen LogP contribution < -0.4 is 0 Å². The summed E-state index contributed by atoms with van der Waals surface area (Å²) in [4.78, 5) is 25.0. The minimum Gasteiger partial charge on any atom is -0.464 e. The van der Waals surface area contributed by atoms with Crippen LogP contribution in [-0.4, -0.2) is 22.9 Å². The lowest BCUT2D eigenvalue weighted by atomic mass is 10.0. The van der Waals surface area contributed by atoms with Gasteiger partial charge in [-0.3, -0.25) is 4.79 Å². The van der Waals surface area contributed by atoms with Crippen molar-refractivity contribution in [2.75, 3.05) is 6.61 Å². The number of unbranched alkanes of at least 4 members (excludes halogenated alkanes) is 1. The van der Waals surface area contributed by atoms with Crippen LogP contribution >= 0.6 is 0 Å². The highest BCUT2D eigenvalue weighted by molar-refractivity contribution is 6.10. The van der Waals surface area contributed by atoms with Crippen LogP contribution in [0.2, 0.25) is 0 Å². The number of nitrogens with zero attached hydrogens (tertiary/aromatic N) is 1. The second-order valence-electron chi connectivity index (χ2n) is 6.05. The van der Waals surface area contributed by atoms with Crippen molar-refractivity contribution in [3.05, 3.63) is 58.9 Å². The first-order valence-corrected chi connectivity index (χ1v) is 8.42. The molecule has 0 bridgehead atoms. The Labute approximate surface area is 143 Å². The molecule has 1 aromatic carbocycles. The number of hydrogen-bond donors (Lipinski definition) is 0. The van der Waals surface area contributed by atoms with E-state index in [1.54, 1.807) is 12.1 Å². The summed E-state index contributed by atoms with van der Waals surface area (Å²) in [6.45, 7) is 8.09. The van der Waals surface area contributed by atoms with E-state index in [1.165, 1.54) is 0 Å². The molecule has 0 spiro atoms. The zero-order chi connectivity index (χ0) is 17.7. The number of esters is 1. The molecule has 4 heteroatoms. The number of rotatable bonds is 7. The Balaban J connectivity index is 2.26. The number of ketones is 1. The molecule has 24 heavy (non-hydrogen) atoms. The fourth-order valence-electron chi connectivity index (χ4n) is 2.89. The number of hydrogen-bond acceptors (Lipinski definition) is 3. The molecular formula is C20H25NO3. The van der Waals surface area contributed by atoms with Crippen molar-refractivity contribution in [3.8, 4) is 0 Å². The fourth-order valence-corrected chi connectivity index (χ4v) is 2.89.